The number of nitrogens with one attached hydrogen (secondary N) is 1. The Kier molecular flexibility index (Phi) is 7.64. The van der Waals surface area contributed by atoms with E-state index in [1.165, 1.54) is 36.3 Å². The second-order valence-electron chi connectivity index (χ2n) is 9.80. The van der Waals surface area contributed by atoms with Gasteiger partial charge in [0.1, 0.15) is 5.75 Å². The fourth-order valence-corrected chi connectivity index (χ4v) is 7.04. The van der Waals surface area contributed by atoms with Crippen LogP contribution in [0.2, 0.25) is 0 Å². The van der Waals surface area contributed by atoms with Crippen LogP contribution in [0.3, 0.4) is 0 Å². The number of para-hydroxylation sites is 2. The van der Waals surface area contributed by atoms with Crippen LogP contribution in [0.25, 0.3) is 0 Å². The number of hydrogen-bond acceptors (Lipinski definition) is 5. The zero-order valence-corrected chi connectivity index (χ0v) is 21.0. The number of aromatic nitrogens is 1. The standard InChI is InChI=1S/C26H40N4OS/c1-21(2)31-26-10-6-5-9-25(26)30-18-16-29(17-19-30)23-13-11-22(12-14-23)28-32(3,4)24-8-7-15-27-20-24/h5-10,15,20-23,28H,11-14,16-19H2,1-4H3. The Morgan fingerprint density at radius 3 is 2.34 bits per heavy atom. The number of ether oxygens (including phenoxy) is 1. The van der Waals surface area contributed by atoms with E-state index in [-0.39, 0.29) is 6.10 Å². The van der Waals surface area contributed by atoms with E-state index in [2.05, 4.69) is 82.3 Å². The number of nitrogens with zero attached hydrogens (tertiary/aromatic N) is 3. The second kappa shape index (κ2) is 10.4. The number of pyridine rings is 1. The molecule has 0 radical (unpaired) electrons. The van der Waals surface area contributed by atoms with Gasteiger partial charge in [-0.15, -0.1) is 0 Å². The zero-order chi connectivity index (χ0) is 22.6. The minimum atomic E-state index is -0.998. The Hall–Kier alpha value is -1.76. The Bertz CT molecular complexity index is 844. The lowest BCUT2D eigenvalue weighted by Gasteiger charge is -2.44. The van der Waals surface area contributed by atoms with E-state index in [9.17, 15) is 0 Å². The van der Waals surface area contributed by atoms with Crippen LogP contribution in [0.1, 0.15) is 39.5 Å². The molecule has 1 aromatic heterocycles. The Balaban J connectivity index is 1.27. The van der Waals surface area contributed by atoms with Crippen molar-refractivity contribution in [1.29, 1.82) is 0 Å². The molecule has 5 nitrogen and oxygen atoms in total. The van der Waals surface area contributed by atoms with E-state index in [1.54, 1.807) is 0 Å². The van der Waals surface area contributed by atoms with Gasteiger partial charge >= 0.3 is 0 Å². The van der Waals surface area contributed by atoms with Crippen LogP contribution in [0.5, 0.6) is 5.75 Å². The van der Waals surface area contributed by atoms with E-state index < -0.39 is 10.2 Å². The molecule has 2 aromatic rings. The highest BCUT2D eigenvalue weighted by molar-refractivity contribution is 8.31. The predicted molar refractivity (Wildman–Crippen MR) is 137 cm³/mol. The van der Waals surface area contributed by atoms with Crippen molar-refractivity contribution >= 4 is 15.9 Å². The SMILES string of the molecule is CC(C)Oc1ccccc1N1CCN(C2CCC(NS(C)(C)c3cccnc3)CC2)CC1. The Morgan fingerprint density at radius 2 is 1.69 bits per heavy atom. The lowest BCUT2D eigenvalue weighted by Crippen LogP contribution is -2.52. The minimum absolute atomic E-state index is 0.200. The molecule has 0 atom stereocenters. The lowest BCUT2D eigenvalue weighted by atomic mass is 9.90. The van der Waals surface area contributed by atoms with Crippen molar-refractivity contribution < 1.29 is 4.74 Å². The van der Waals surface area contributed by atoms with Crippen molar-refractivity contribution in [2.24, 2.45) is 0 Å². The molecule has 4 rings (SSSR count). The van der Waals surface area contributed by atoms with E-state index in [4.69, 9.17) is 4.74 Å². The van der Waals surface area contributed by atoms with Crippen molar-refractivity contribution in [2.45, 2.75) is 62.6 Å². The van der Waals surface area contributed by atoms with Crippen LogP contribution in [0.15, 0.2) is 53.7 Å². The average Bonchev–Trinajstić information content (AvgIpc) is 2.80. The summed E-state index contributed by atoms with van der Waals surface area (Å²) < 4.78 is 10.0. The highest BCUT2D eigenvalue weighted by Crippen LogP contribution is 2.46. The highest BCUT2D eigenvalue weighted by Gasteiger charge is 2.30. The average molecular weight is 457 g/mol. The van der Waals surface area contributed by atoms with Gasteiger partial charge in [-0.25, -0.2) is 0 Å². The molecule has 2 heterocycles. The number of anilines is 1. The van der Waals surface area contributed by atoms with Gasteiger partial charge in [-0.3, -0.25) is 14.6 Å². The number of hydrogen-bond donors (Lipinski definition) is 1. The number of piperazine rings is 1. The Morgan fingerprint density at radius 1 is 0.969 bits per heavy atom. The van der Waals surface area contributed by atoms with Crippen molar-refractivity contribution in [1.82, 2.24) is 14.6 Å². The van der Waals surface area contributed by atoms with Crippen LogP contribution in [-0.4, -0.2) is 66.8 Å². The molecule has 176 valence electrons. The summed E-state index contributed by atoms with van der Waals surface area (Å²) in [5.41, 5.74) is 1.24. The molecule has 1 aliphatic carbocycles. The molecule has 2 aliphatic rings. The van der Waals surface area contributed by atoms with Gasteiger partial charge in [0.15, 0.2) is 0 Å². The normalized spacial score (nSPS) is 23.3. The van der Waals surface area contributed by atoms with Crippen molar-refractivity contribution in [3.63, 3.8) is 0 Å². The van der Waals surface area contributed by atoms with Crippen LogP contribution >= 0.6 is 10.2 Å². The fraction of sp³-hybridized carbons (Fsp3) is 0.577. The maximum atomic E-state index is 6.06. The highest BCUT2D eigenvalue weighted by atomic mass is 32.3. The first-order valence-electron chi connectivity index (χ1n) is 12.1. The molecule has 1 aromatic carbocycles. The van der Waals surface area contributed by atoms with Crippen molar-refractivity contribution in [2.75, 3.05) is 43.6 Å². The molecule has 1 N–H and O–H groups in total. The largest absolute Gasteiger partial charge is 0.489 e. The number of rotatable bonds is 7. The van der Waals surface area contributed by atoms with Gasteiger partial charge in [0.05, 0.1) is 11.8 Å². The van der Waals surface area contributed by atoms with Crippen LogP contribution in [0, 0.1) is 0 Å². The molecule has 0 amide bonds. The van der Waals surface area contributed by atoms with E-state index in [1.807, 2.05) is 12.4 Å². The van der Waals surface area contributed by atoms with Crippen LogP contribution in [-0.2, 0) is 0 Å². The lowest BCUT2D eigenvalue weighted by molar-refractivity contribution is 0.139. The second-order valence-corrected chi connectivity index (χ2v) is 13.2. The van der Waals surface area contributed by atoms with Gasteiger partial charge in [0.2, 0.25) is 0 Å². The van der Waals surface area contributed by atoms with Crippen LogP contribution < -0.4 is 14.4 Å². The molecule has 1 aliphatic heterocycles. The summed E-state index contributed by atoms with van der Waals surface area (Å²) in [5, 5.41) is 0. The topological polar surface area (TPSA) is 40.6 Å². The van der Waals surface area contributed by atoms with E-state index in [0.717, 1.165) is 38.0 Å². The molecular formula is C26H40N4OS. The molecular weight excluding hydrogens is 416 g/mol. The molecule has 32 heavy (non-hydrogen) atoms. The first-order valence-corrected chi connectivity index (χ1v) is 14.5. The molecule has 0 spiro atoms. The first kappa shape index (κ1) is 23.4. The third-order valence-corrected chi connectivity index (χ3v) is 9.12. The Labute approximate surface area is 196 Å². The van der Waals surface area contributed by atoms with Crippen molar-refractivity contribution in [3.8, 4) is 5.75 Å². The summed E-state index contributed by atoms with van der Waals surface area (Å²) in [4.78, 5) is 10.9. The van der Waals surface area contributed by atoms with Gasteiger partial charge < -0.3 is 9.64 Å². The molecule has 6 heteroatoms. The monoisotopic (exact) mass is 456 g/mol. The zero-order valence-electron chi connectivity index (χ0n) is 20.2. The third kappa shape index (κ3) is 5.77. The summed E-state index contributed by atoms with van der Waals surface area (Å²) in [7, 11) is -0.998. The summed E-state index contributed by atoms with van der Waals surface area (Å²) in [5.74, 6) is 1.02. The summed E-state index contributed by atoms with van der Waals surface area (Å²) in [6.07, 6.45) is 13.9. The molecule has 1 saturated heterocycles. The van der Waals surface area contributed by atoms with Gasteiger partial charge in [-0.2, -0.15) is 10.2 Å². The smallest absolute Gasteiger partial charge is 0.142 e. The van der Waals surface area contributed by atoms with Gasteiger partial charge in [0, 0.05) is 55.6 Å². The summed E-state index contributed by atoms with van der Waals surface area (Å²) >= 11 is 0. The minimum Gasteiger partial charge on any atom is -0.489 e. The molecule has 0 unspecified atom stereocenters. The van der Waals surface area contributed by atoms with Crippen LogP contribution in [0.4, 0.5) is 5.69 Å². The van der Waals surface area contributed by atoms with Gasteiger partial charge in [0.25, 0.3) is 0 Å². The van der Waals surface area contributed by atoms with E-state index >= 15 is 0 Å². The van der Waals surface area contributed by atoms with Gasteiger partial charge in [-0.05, 0) is 76.3 Å². The quantitative estimate of drug-likeness (QED) is 0.640. The van der Waals surface area contributed by atoms with E-state index in [0.29, 0.717) is 6.04 Å². The molecule has 1 saturated carbocycles. The fourth-order valence-electron chi connectivity index (χ4n) is 5.09. The molecule has 0 bridgehead atoms. The number of benzene rings is 1. The maximum absolute atomic E-state index is 6.06. The summed E-state index contributed by atoms with van der Waals surface area (Å²) in [6.45, 7) is 8.64. The van der Waals surface area contributed by atoms with Crippen molar-refractivity contribution in [3.05, 3.63) is 48.8 Å². The summed E-state index contributed by atoms with van der Waals surface area (Å²) in [6, 6.07) is 14.1. The molecule has 2 fully saturated rings. The van der Waals surface area contributed by atoms with Gasteiger partial charge in [-0.1, -0.05) is 12.1 Å². The first-order chi connectivity index (χ1) is 15.4. The maximum Gasteiger partial charge on any atom is 0.142 e. The predicted octanol–water partition coefficient (Wildman–Crippen LogP) is 4.93. The third-order valence-electron chi connectivity index (χ3n) is 6.78.